The van der Waals surface area contributed by atoms with Gasteiger partial charge < -0.3 is 19.8 Å². The smallest absolute Gasteiger partial charge is 0.387 e. The second-order valence-corrected chi connectivity index (χ2v) is 23.9. The number of quaternary nitrogens is 1. The number of aliphatic hydroxyl groups is 1. The first kappa shape index (κ1) is 69.0. The van der Waals surface area contributed by atoms with Gasteiger partial charge in [0.05, 0.1) is 39.9 Å². The average Bonchev–Trinajstić information content (AvgIpc) is 3.32. The number of carbonyl (C=O) groups excluding carboxylic acids is 1. The van der Waals surface area contributed by atoms with Gasteiger partial charge >= 0.3 is 7.82 Å². The van der Waals surface area contributed by atoms with Gasteiger partial charge in [-0.05, 0) is 44.9 Å². The molecule has 0 aliphatic rings. The Morgan fingerprint density at radius 1 is 0.471 bits per heavy atom. The van der Waals surface area contributed by atoms with Gasteiger partial charge in [0.25, 0.3) is 0 Å². The van der Waals surface area contributed by atoms with Gasteiger partial charge in [-0.1, -0.05) is 282 Å². The van der Waals surface area contributed by atoms with Crippen LogP contribution in [-0.2, 0) is 18.4 Å². The number of phosphoric ester groups is 1. The van der Waals surface area contributed by atoms with Crippen LogP contribution in [0.5, 0.6) is 0 Å². The first-order valence-corrected chi connectivity index (χ1v) is 32.2. The zero-order chi connectivity index (χ0) is 51.3. The minimum atomic E-state index is -4.33. The molecule has 3 atom stereocenters. The summed E-state index contributed by atoms with van der Waals surface area (Å²) in [5.74, 6) is -0.174. The Bertz CT molecular complexity index is 1190. The quantitative estimate of drug-likeness (QED) is 0.0243. The Morgan fingerprint density at radius 3 is 1.10 bits per heavy atom. The summed E-state index contributed by atoms with van der Waals surface area (Å²) < 4.78 is 23.6. The van der Waals surface area contributed by atoms with Crippen LogP contribution in [0.3, 0.4) is 0 Å². The van der Waals surface area contributed by atoms with E-state index in [-0.39, 0.29) is 19.1 Å². The molecule has 0 bridgehead atoms. The van der Waals surface area contributed by atoms with E-state index < -0.39 is 20.0 Å². The highest BCUT2D eigenvalue weighted by Gasteiger charge is 2.27. The lowest BCUT2D eigenvalue weighted by Crippen LogP contribution is -2.45. The number of aliphatic hydroxyl groups excluding tert-OH is 1. The Hall–Kier alpha value is -1.02. The van der Waals surface area contributed by atoms with Gasteiger partial charge in [0.2, 0.25) is 5.91 Å². The lowest BCUT2D eigenvalue weighted by atomic mass is 10.0. The van der Waals surface area contributed by atoms with Gasteiger partial charge in [0, 0.05) is 6.42 Å². The van der Waals surface area contributed by atoms with Gasteiger partial charge in [-0.25, -0.2) is 4.57 Å². The van der Waals surface area contributed by atoms with Crippen LogP contribution in [0.2, 0.25) is 0 Å². The van der Waals surface area contributed by atoms with Crippen molar-refractivity contribution in [3.63, 3.8) is 0 Å². The number of likely N-dealkylation sites (N-methyl/N-ethyl adjacent to an activating group) is 1. The van der Waals surface area contributed by atoms with Crippen molar-refractivity contribution in [3.8, 4) is 0 Å². The van der Waals surface area contributed by atoms with E-state index in [1.807, 2.05) is 27.2 Å². The third kappa shape index (κ3) is 54.7. The minimum absolute atomic E-state index is 0.0638. The molecule has 0 saturated carbocycles. The van der Waals surface area contributed by atoms with Crippen molar-refractivity contribution in [1.29, 1.82) is 0 Å². The predicted octanol–water partition coefficient (Wildman–Crippen LogP) is 18.8. The maximum Gasteiger partial charge on any atom is 0.472 e. The third-order valence-corrected chi connectivity index (χ3v) is 15.1. The van der Waals surface area contributed by atoms with Gasteiger partial charge in [-0.15, -0.1) is 0 Å². The Kier molecular flexibility index (Phi) is 52.1. The van der Waals surface area contributed by atoms with E-state index in [9.17, 15) is 19.4 Å². The summed E-state index contributed by atoms with van der Waals surface area (Å²) in [4.78, 5) is 23.2. The summed E-state index contributed by atoms with van der Waals surface area (Å²) in [6, 6.07) is -0.841. The summed E-state index contributed by atoms with van der Waals surface area (Å²) >= 11 is 0. The van der Waals surface area contributed by atoms with Gasteiger partial charge in [0.1, 0.15) is 13.2 Å². The fraction of sp³-hybridized carbons (Fsp3) is 0.918. The number of unbranched alkanes of at least 4 members (excludes halogenated alkanes) is 42. The van der Waals surface area contributed by atoms with Crippen LogP contribution in [-0.4, -0.2) is 73.4 Å². The summed E-state index contributed by atoms with van der Waals surface area (Å²) in [6.07, 6.45) is 67.7. The molecule has 0 radical (unpaired) electrons. The maximum absolute atomic E-state index is 12.9. The number of hydrogen-bond donors (Lipinski definition) is 3. The summed E-state index contributed by atoms with van der Waals surface area (Å²) in [5, 5.41) is 13.8. The molecule has 3 N–H and O–H groups in total. The number of phosphoric acid groups is 1. The standard InChI is InChI=1S/C61H121N2O6P/c1-6-8-10-12-14-16-17-18-19-20-21-22-23-24-25-26-27-28-29-30-31-32-33-34-35-36-37-38-39-40-41-42-43-44-45-47-49-51-53-55-61(65)62-59(58-69-70(66,67)68-57-56-63(3,4)5)60(64)54-52-50-48-46-15-13-11-9-7-2/h20-21,52,54,59-60,64H,6-19,22-51,53,55-58H2,1-5H3,(H-,62,65,66,67)/p+1/b21-20-,54-52+. The number of amides is 1. The molecule has 70 heavy (non-hydrogen) atoms. The molecular weight excluding hydrogens is 888 g/mol. The van der Waals surface area contributed by atoms with Crippen LogP contribution in [0.25, 0.3) is 0 Å². The summed E-state index contributed by atoms with van der Waals surface area (Å²) in [7, 11) is 1.58. The second kappa shape index (κ2) is 52.8. The number of hydrogen-bond acceptors (Lipinski definition) is 5. The van der Waals surface area contributed by atoms with Crippen molar-refractivity contribution < 1.29 is 32.9 Å². The summed E-state index contributed by atoms with van der Waals surface area (Å²) in [6.45, 7) is 4.81. The molecular formula is C61H122N2O6P+. The molecule has 0 aromatic carbocycles. The van der Waals surface area contributed by atoms with Crippen LogP contribution in [0.1, 0.15) is 309 Å². The Balaban J connectivity index is 3.76. The van der Waals surface area contributed by atoms with E-state index in [1.165, 1.54) is 250 Å². The Labute approximate surface area is 436 Å². The minimum Gasteiger partial charge on any atom is -0.387 e. The van der Waals surface area contributed by atoms with Crippen molar-refractivity contribution in [1.82, 2.24) is 5.32 Å². The molecule has 0 heterocycles. The number of nitrogens with zero attached hydrogens (tertiary/aromatic N) is 1. The average molecular weight is 1010 g/mol. The molecule has 0 aliphatic carbocycles. The lowest BCUT2D eigenvalue weighted by molar-refractivity contribution is -0.870. The van der Waals surface area contributed by atoms with Crippen molar-refractivity contribution in [2.45, 2.75) is 321 Å². The third-order valence-electron chi connectivity index (χ3n) is 14.2. The highest BCUT2D eigenvalue weighted by molar-refractivity contribution is 7.47. The fourth-order valence-corrected chi connectivity index (χ4v) is 10.1. The number of allylic oxidation sites excluding steroid dienone is 3. The monoisotopic (exact) mass is 1010 g/mol. The highest BCUT2D eigenvalue weighted by Crippen LogP contribution is 2.43. The van der Waals surface area contributed by atoms with Gasteiger partial charge in [-0.2, -0.15) is 0 Å². The molecule has 0 aliphatic heterocycles. The highest BCUT2D eigenvalue weighted by atomic mass is 31.2. The molecule has 3 unspecified atom stereocenters. The SMILES string of the molecule is CCCCCCCCC/C=C/C(O)C(COP(=O)(O)OCC[N+](C)(C)C)NC(=O)CCCCCCCCCCCCCCCCCCCCCCCCCCCCC/C=C\CCCCCCCCCC. The topological polar surface area (TPSA) is 105 Å². The van der Waals surface area contributed by atoms with Crippen LogP contribution >= 0.6 is 7.82 Å². The molecule has 0 rings (SSSR count). The maximum atomic E-state index is 12.9. The molecule has 9 heteroatoms. The van der Waals surface area contributed by atoms with Crippen molar-refractivity contribution in [2.24, 2.45) is 0 Å². The van der Waals surface area contributed by atoms with E-state index in [0.717, 1.165) is 38.5 Å². The largest absolute Gasteiger partial charge is 0.472 e. The molecule has 0 spiro atoms. The number of rotatable bonds is 57. The molecule has 0 aromatic heterocycles. The number of nitrogens with one attached hydrogen (secondary N) is 1. The molecule has 0 aromatic rings. The van der Waals surface area contributed by atoms with Crippen molar-refractivity contribution in [2.75, 3.05) is 40.9 Å². The van der Waals surface area contributed by atoms with Crippen LogP contribution in [0.4, 0.5) is 0 Å². The molecule has 416 valence electrons. The van der Waals surface area contributed by atoms with Crippen LogP contribution < -0.4 is 5.32 Å². The van der Waals surface area contributed by atoms with Crippen LogP contribution in [0, 0.1) is 0 Å². The normalized spacial score (nSPS) is 14.0. The first-order chi connectivity index (χ1) is 34.0. The van der Waals surface area contributed by atoms with E-state index >= 15 is 0 Å². The van der Waals surface area contributed by atoms with E-state index in [1.54, 1.807) is 6.08 Å². The molecule has 0 fully saturated rings. The first-order valence-electron chi connectivity index (χ1n) is 30.7. The van der Waals surface area contributed by atoms with Gasteiger partial charge in [-0.3, -0.25) is 13.8 Å². The van der Waals surface area contributed by atoms with E-state index in [2.05, 4.69) is 31.3 Å². The predicted molar refractivity (Wildman–Crippen MR) is 305 cm³/mol. The van der Waals surface area contributed by atoms with Crippen LogP contribution in [0.15, 0.2) is 24.3 Å². The zero-order valence-electron chi connectivity index (χ0n) is 47.5. The lowest BCUT2D eigenvalue weighted by Gasteiger charge is -2.25. The molecule has 8 nitrogen and oxygen atoms in total. The number of carbonyl (C=O) groups is 1. The Morgan fingerprint density at radius 2 is 0.771 bits per heavy atom. The van der Waals surface area contributed by atoms with Gasteiger partial charge in [0.15, 0.2) is 0 Å². The molecule has 0 saturated heterocycles. The summed E-state index contributed by atoms with van der Waals surface area (Å²) in [5.41, 5.74) is 0. The second-order valence-electron chi connectivity index (χ2n) is 22.4. The van der Waals surface area contributed by atoms with E-state index in [0.29, 0.717) is 17.4 Å². The molecule has 1 amide bonds. The van der Waals surface area contributed by atoms with Crippen molar-refractivity contribution >= 4 is 13.7 Å². The van der Waals surface area contributed by atoms with Crippen molar-refractivity contribution in [3.05, 3.63) is 24.3 Å². The fourth-order valence-electron chi connectivity index (χ4n) is 9.33. The zero-order valence-corrected chi connectivity index (χ0v) is 48.4. The van der Waals surface area contributed by atoms with E-state index in [4.69, 9.17) is 9.05 Å².